The molecule has 0 bridgehead atoms. The van der Waals surface area contributed by atoms with Crippen LogP contribution in [0, 0.1) is 3.95 Å². The first-order valence-electron chi connectivity index (χ1n) is 4.62. The molecular formula is C9H9N3O2S3. The summed E-state index contributed by atoms with van der Waals surface area (Å²) in [6.45, 7) is 0. The first kappa shape index (κ1) is 12.4. The van der Waals surface area contributed by atoms with E-state index in [0.29, 0.717) is 15.9 Å². The Morgan fingerprint density at radius 1 is 1.41 bits per heavy atom. The minimum absolute atomic E-state index is 0.126. The van der Waals surface area contributed by atoms with Crippen molar-refractivity contribution in [3.05, 3.63) is 38.8 Å². The van der Waals surface area contributed by atoms with Crippen molar-refractivity contribution in [3.63, 3.8) is 0 Å². The smallest absolute Gasteiger partial charge is 0.238 e. The van der Waals surface area contributed by atoms with Gasteiger partial charge in [0.2, 0.25) is 10.0 Å². The monoisotopic (exact) mass is 287 g/mol. The predicted octanol–water partition coefficient (Wildman–Crippen LogP) is 1.44. The summed E-state index contributed by atoms with van der Waals surface area (Å²) in [7, 11) is -3.71. The number of benzene rings is 1. The van der Waals surface area contributed by atoms with E-state index in [1.54, 1.807) is 18.2 Å². The fraction of sp³-hybridized carbons (Fsp3) is 0.111. The number of nitrogens with zero attached hydrogens (tertiary/aromatic N) is 1. The normalized spacial score (nSPS) is 11.6. The van der Waals surface area contributed by atoms with Crippen LogP contribution in [0.25, 0.3) is 0 Å². The molecule has 0 radical (unpaired) electrons. The molecule has 0 unspecified atom stereocenters. The minimum Gasteiger partial charge on any atom is -0.258 e. The lowest BCUT2D eigenvalue weighted by Gasteiger charge is -2.04. The lowest BCUT2D eigenvalue weighted by atomic mass is 10.2. The molecule has 0 spiro atoms. The quantitative estimate of drug-likeness (QED) is 0.836. The van der Waals surface area contributed by atoms with Crippen molar-refractivity contribution in [2.75, 3.05) is 0 Å². The number of aromatic nitrogens is 2. The maximum atomic E-state index is 11.4. The average molecular weight is 287 g/mol. The van der Waals surface area contributed by atoms with Crippen LogP contribution in [0.4, 0.5) is 0 Å². The molecule has 0 aliphatic rings. The Bertz CT molecular complexity index is 687. The number of nitrogens with two attached hydrogens (primary N) is 1. The third kappa shape index (κ3) is 2.97. The lowest BCUT2D eigenvalue weighted by molar-refractivity contribution is 0.597. The molecule has 1 heterocycles. The number of sulfonamides is 1. The molecule has 0 saturated carbocycles. The Labute approximate surface area is 107 Å². The number of hydrogen-bond acceptors (Lipinski definition) is 5. The fourth-order valence-electron chi connectivity index (χ4n) is 1.43. The van der Waals surface area contributed by atoms with Gasteiger partial charge in [-0.05, 0) is 23.8 Å². The Hall–Kier alpha value is -1.09. The van der Waals surface area contributed by atoms with Crippen LogP contribution in [0.15, 0.2) is 29.2 Å². The van der Waals surface area contributed by atoms with Crippen LogP contribution in [0.2, 0.25) is 0 Å². The van der Waals surface area contributed by atoms with Crippen molar-refractivity contribution in [3.8, 4) is 0 Å². The van der Waals surface area contributed by atoms with E-state index in [-0.39, 0.29) is 4.90 Å². The Balaban J connectivity index is 2.43. The van der Waals surface area contributed by atoms with Gasteiger partial charge in [-0.3, -0.25) is 5.10 Å². The summed E-state index contributed by atoms with van der Waals surface area (Å²) in [5, 5.41) is 12.5. The molecule has 0 aliphatic heterocycles. The second kappa shape index (κ2) is 4.65. The summed E-state index contributed by atoms with van der Waals surface area (Å²) in [6.07, 6.45) is 0.393. The second-order valence-electron chi connectivity index (χ2n) is 3.34. The van der Waals surface area contributed by atoms with E-state index in [9.17, 15) is 8.42 Å². The minimum atomic E-state index is -3.71. The topological polar surface area (TPSA) is 88.8 Å². The van der Waals surface area contributed by atoms with Crippen molar-refractivity contribution >= 4 is 33.6 Å². The molecule has 1 aromatic heterocycles. The van der Waals surface area contributed by atoms with E-state index < -0.39 is 10.0 Å². The molecule has 5 nitrogen and oxygen atoms in total. The third-order valence-electron chi connectivity index (χ3n) is 2.10. The van der Waals surface area contributed by atoms with E-state index >= 15 is 0 Å². The van der Waals surface area contributed by atoms with Gasteiger partial charge >= 0.3 is 0 Å². The number of primary sulfonamides is 1. The molecule has 90 valence electrons. The molecular weight excluding hydrogens is 278 g/mol. The standard InChI is InChI=1S/C9H9N3O2S3/c10-17(13,14)7-4-2-1-3-6(7)5-8-11-12-9(15)16-8/h1-4H,5H2,(H,12,15)(H2,10,13,14). The zero-order valence-electron chi connectivity index (χ0n) is 8.58. The zero-order chi connectivity index (χ0) is 12.5. The van der Waals surface area contributed by atoms with Crippen LogP contribution >= 0.6 is 23.6 Å². The lowest BCUT2D eigenvalue weighted by Crippen LogP contribution is -2.14. The molecule has 0 amide bonds. The van der Waals surface area contributed by atoms with E-state index in [4.69, 9.17) is 17.4 Å². The summed E-state index contributed by atoms with van der Waals surface area (Å²) >= 11 is 6.23. The van der Waals surface area contributed by atoms with Crippen molar-refractivity contribution in [2.45, 2.75) is 11.3 Å². The van der Waals surface area contributed by atoms with Crippen LogP contribution in [-0.4, -0.2) is 18.6 Å². The van der Waals surface area contributed by atoms with Gasteiger partial charge in [-0.25, -0.2) is 13.6 Å². The van der Waals surface area contributed by atoms with Gasteiger partial charge in [0.25, 0.3) is 0 Å². The average Bonchev–Trinajstić information content (AvgIpc) is 2.63. The number of H-pyrrole nitrogens is 1. The van der Waals surface area contributed by atoms with Gasteiger partial charge in [-0.2, -0.15) is 5.10 Å². The highest BCUT2D eigenvalue weighted by molar-refractivity contribution is 7.89. The van der Waals surface area contributed by atoms with E-state index in [2.05, 4.69) is 10.2 Å². The molecule has 2 rings (SSSR count). The molecule has 17 heavy (non-hydrogen) atoms. The van der Waals surface area contributed by atoms with Gasteiger partial charge in [0, 0.05) is 6.42 Å². The fourth-order valence-corrected chi connectivity index (χ4v) is 3.16. The molecule has 2 aromatic rings. The summed E-state index contributed by atoms with van der Waals surface area (Å²) in [6, 6.07) is 6.59. The van der Waals surface area contributed by atoms with Crippen LogP contribution in [0.1, 0.15) is 10.6 Å². The van der Waals surface area contributed by atoms with E-state index in [0.717, 1.165) is 5.01 Å². The number of nitrogens with one attached hydrogen (secondary N) is 1. The van der Waals surface area contributed by atoms with Gasteiger partial charge in [-0.15, -0.1) is 0 Å². The third-order valence-corrected chi connectivity index (χ3v) is 4.20. The molecule has 0 atom stereocenters. The Morgan fingerprint density at radius 2 is 2.12 bits per heavy atom. The van der Waals surface area contributed by atoms with Crippen LogP contribution < -0.4 is 5.14 Å². The first-order valence-corrected chi connectivity index (χ1v) is 7.39. The highest BCUT2D eigenvalue weighted by atomic mass is 32.2. The van der Waals surface area contributed by atoms with Crippen LogP contribution in [0.3, 0.4) is 0 Å². The molecule has 3 N–H and O–H groups in total. The van der Waals surface area contributed by atoms with Crippen molar-refractivity contribution in [1.29, 1.82) is 0 Å². The Morgan fingerprint density at radius 3 is 2.71 bits per heavy atom. The summed E-state index contributed by atoms with van der Waals surface area (Å²) in [5.74, 6) is 0. The summed E-state index contributed by atoms with van der Waals surface area (Å²) in [5.41, 5.74) is 0.618. The number of rotatable bonds is 3. The molecule has 8 heteroatoms. The van der Waals surface area contributed by atoms with Gasteiger partial charge < -0.3 is 0 Å². The van der Waals surface area contributed by atoms with Crippen molar-refractivity contribution in [1.82, 2.24) is 10.2 Å². The van der Waals surface area contributed by atoms with Crippen LogP contribution in [0.5, 0.6) is 0 Å². The predicted molar refractivity (Wildman–Crippen MR) is 67.9 cm³/mol. The maximum Gasteiger partial charge on any atom is 0.238 e. The van der Waals surface area contributed by atoms with E-state index in [1.165, 1.54) is 17.4 Å². The number of hydrogen-bond donors (Lipinski definition) is 2. The van der Waals surface area contributed by atoms with Gasteiger partial charge in [-0.1, -0.05) is 29.5 Å². The number of aromatic amines is 1. The summed E-state index contributed by atoms with van der Waals surface area (Å²) < 4.78 is 23.3. The molecule has 0 fully saturated rings. The maximum absolute atomic E-state index is 11.4. The molecule has 0 aliphatic carbocycles. The first-order chi connectivity index (χ1) is 7.97. The molecule has 0 saturated heterocycles. The Kier molecular flexibility index (Phi) is 3.38. The van der Waals surface area contributed by atoms with Gasteiger partial charge in [0.05, 0.1) is 4.90 Å². The van der Waals surface area contributed by atoms with Gasteiger partial charge in [0.1, 0.15) is 5.01 Å². The largest absolute Gasteiger partial charge is 0.258 e. The second-order valence-corrected chi connectivity index (χ2v) is 6.62. The summed E-state index contributed by atoms with van der Waals surface area (Å²) in [4.78, 5) is 0.126. The highest BCUT2D eigenvalue weighted by Crippen LogP contribution is 2.18. The van der Waals surface area contributed by atoms with Gasteiger partial charge in [0.15, 0.2) is 3.95 Å². The molecule has 1 aromatic carbocycles. The highest BCUT2D eigenvalue weighted by Gasteiger charge is 2.14. The van der Waals surface area contributed by atoms with Crippen molar-refractivity contribution in [2.24, 2.45) is 5.14 Å². The van der Waals surface area contributed by atoms with Crippen molar-refractivity contribution < 1.29 is 8.42 Å². The van der Waals surface area contributed by atoms with Crippen LogP contribution in [-0.2, 0) is 16.4 Å². The zero-order valence-corrected chi connectivity index (χ0v) is 11.0. The van der Waals surface area contributed by atoms with E-state index in [1.807, 2.05) is 0 Å². The SMILES string of the molecule is NS(=O)(=O)c1ccccc1Cc1n[nH]c(=S)s1.